The van der Waals surface area contributed by atoms with E-state index in [9.17, 15) is 24.9 Å². The third-order valence-electron chi connectivity index (χ3n) is 7.49. The van der Waals surface area contributed by atoms with Crippen molar-refractivity contribution < 1.29 is 29.6 Å². The third kappa shape index (κ3) is 8.28. The highest BCUT2D eigenvalue weighted by Crippen LogP contribution is 2.35. The fourth-order valence-corrected chi connectivity index (χ4v) is 6.06. The first kappa shape index (κ1) is 27.0. The van der Waals surface area contributed by atoms with Gasteiger partial charge in [0.05, 0.1) is 18.8 Å². The van der Waals surface area contributed by atoms with E-state index >= 15 is 0 Å². The van der Waals surface area contributed by atoms with Gasteiger partial charge in [0.25, 0.3) is 6.47 Å². The van der Waals surface area contributed by atoms with Gasteiger partial charge in [-0.05, 0) is 61.2 Å². The van der Waals surface area contributed by atoms with E-state index in [1.165, 1.54) is 0 Å². The molecule has 0 bridgehead atoms. The highest BCUT2D eigenvalue weighted by atomic mass is 16.5. The van der Waals surface area contributed by atoms with Gasteiger partial charge >= 0.3 is 5.97 Å². The molecule has 0 heterocycles. The van der Waals surface area contributed by atoms with E-state index < -0.39 is 12.1 Å². The van der Waals surface area contributed by atoms with Crippen molar-refractivity contribution in [2.75, 3.05) is 39.5 Å². The lowest BCUT2D eigenvalue weighted by atomic mass is 9.74. The van der Waals surface area contributed by atoms with Gasteiger partial charge in [-0.2, -0.15) is 0 Å². The van der Waals surface area contributed by atoms with Crippen molar-refractivity contribution in [2.24, 2.45) is 35.5 Å². The summed E-state index contributed by atoms with van der Waals surface area (Å²) in [5.74, 6) is 0.750. The SMILES string of the molecule is CC1CC(C)C(O)C(CN(CCN(CC(=O)O)CC2CC(C)CC(C)C2O)COC=O)C1. The van der Waals surface area contributed by atoms with Crippen LogP contribution in [0.3, 0.4) is 0 Å². The van der Waals surface area contributed by atoms with Crippen LogP contribution >= 0.6 is 0 Å². The Morgan fingerprint density at radius 3 is 1.81 bits per heavy atom. The van der Waals surface area contributed by atoms with E-state index in [1.807, 2.05) is 9.80 Å². The highest BCUT2D eigenvalue weighted by molar-refractivity contribution is 5.69. The normalized spacial score (nSPS) is 35.8. The first-order chi connectivity index (χ1) is 15.1. The molecule has 2 rings (SSSR count). The van der Waals surface area contributed by atoms with Crippen LogP contribution in [0.25, 0.3) is 0 Å². The van der Waals surface area contributed by atoms with E-state index in [4.69, 9.17) is 4.74 Å². The molecule has 32 heavy (non-hydrogen) atoms. The Kier molecular flexibility index (Phi) is 10.9. The second kappa shape index (κ2) is 12.9. The summed E-state index contributed by atoms with van der Waals surface area (Å²) in [5, 5.41) is 30.7. The molecule has 8 atom stereocenters. The maximum atomic E-state index is 11.5. The number of hydrogen-bond donors (Lipinski definition) is 3. The second-order valence-corrected chi connectivity index (χ2v) is 10.7. The molecule has 2 saturated carbocycles. The van der Waals surface area contributed by atoms with Crippen LogP contribution < -0.4 is 0 Å². The van der Waals surface area contributed by atoms with Crippen molar-refractivity contribution in [3.8, 4) is 0 Å². The van der Waals surface area contributed by atoms with E-state index in [0.717, 1.165) is 25.7 Å². The van der Waals surface area contributed by atoms with Gasteiger partial charge in [0.15, 0.2) is 0 Å². The summed E-state index contributed by atoms with van der Waals surface area (Å²) in [6, 6.07) is 0. The molecule has 2 fully saturated rings. The Bertz CT molecular complexity index is 591. The van der Waals surface area contributed by atoms with Crippen LogP contribution in [0.5, 0.6) is 0 Å². The lowest BCUT2D eigenvalue weighted by Gasteiger charge is -2.40. The number of carboxylic acids is 1. The quantitative estimate of drug-likeness (QED) is 0.302. The number of carbonyl (C=O) groups excluding carboxylic acids is 1. The summed E-state index contributed by atoms with van der Waals surface area (Å²) in [5.41, 5.74) is 0. The van der Waals surface area contributed by atoms with Crippen molar-refractivity contribution >= 4 is 12.4 Å². The summed E-state index contributed by atoms with van der Waals surface area (Å²) in [4.78, 5) is 26.2. The van der Waals surface area contributed by atoms with Crippen LogP contribution in [0.2, 0.25) is 0 Å². The Balaban J connectivity index is 2.00. The summed E-state index contributed by atoms with van der Waals surface area (Å²) in [6.07, 6.45) is 3.01. The largest absolute Gasteiger partial charge is 0.480 e. The molecular weight excluding hydrogens is 412 g/mol. The number of ether oxygens (including phenoxy) is 1. The first-order valence-electron chi connectivity index (χ1n) is 12.2. The molecule has 2 aliphatic rings. The maximum Gasteiger partial charge on any atom is 0.317 e. The number of hydrogen-bond acceptors (Lipinski definition) is 7. The predicted molar refractivity (Wildman–Crippen MR) is 122 cm³/mol. The molecule has 0 aromatic heterocycles. The van der Waals surface area contributed by atoms with Crippen molar-refractivity contribution in [2.45, 2.75) is 65.6 Å². The zero-order valence-corrected chi connectivity index (χ0v) is 20.2. The molecule has 3 N–H and O–H groups in total. The molecule has 8 heteroatoms. The average Bonchev–Trinajstić information content (AvgIpc) is 2.70. The first-order valence-corrected chi connectivity index (χ1v) is 12.2. The number of carbonyl (C=O) groups is 2. The zero-order chi connectivity index (χ0) is 23.8. The van der Waals surface area contributed by atoms with E-state index in [0.29, 0.717) is 44.5 Å². The van der Waals surface area contributed by atoms with Crippen molar-refractivity contribution in [1.29, 1.82) is 0 Å². The maximum absolute atomic E-state index is 11.5. The lowest BCUT2D eigenvalue weighted by Crippen LogP contribution is -2.47. The molecule has 0 aromatic rings. The zero-order valence-electron chi connectivity index (χ0n) is 20.2. The average molecular weight is 457 g/mol. The Morgan fingerprint density at radius 2 is 1.34 bits per heavy atom. The van der Waals surface area contributed by atoms with Crippen molar-refractivity contribution in [3.63, 3.8) is 0 Å². The smallest absolute Gasteiger partial charge is 0.317 e. The van der Waals surface area contributed by atoms with E-state index in [2.05, 4.69) is 27.7 Å². The molecule has 186 valence electrons. The summed E-state index contributed by atoms with van der Waals surface area (Å²) >= 11 is 0. The number of aliphatic carboxylic acids is 1. The van der Waals surface area contributed by atoms with Gasteiger partial charge in [-0.1, -0.05) is 27.7 Å². The van der Waals surface area contributed by atoms with Gasteiger partial charge < -0.3 is 20.1 Å². The van der Waals surface area contributed by atoms with Crippen molar-refractivity contribution in [1.82, 2.24) is 9.80 Å². The third-order valence-corrected chi connectivity index (χ3v) is 7.49. The number of rotatable bonds is 12. The van der Waals surface area contributed by atoms with Crippen LogP contribution in [0.1, 0.15) is 53.4 Å². The molecular formula is C24H44N2O6. The van der Waals surface area contributed by atoms with Crippen LogP contribution in [0.4, 0.5) is 0 Å². The Hall–Kier alpha value is -1.22. The molecule has 0 radical (unpaired) electrons. The number of nitrogens with zero attached hydrogens (tertiary/aromatic N) is 2. The van der Waals surface area contributed by atoms with Gasteiger partial charge in [-0.15, -0.1) is 0 Å². The van der Waals surface area contributed by atoms with Gasteiger partial charge in [0.1, 0.15) is 6.73 Å². The van der Waals surface area contributed by atoms with Crippen LogP contribution in [-0.4, -0.2) is 89.2 Å². The monoisotopic (exact) mass is 456 g/mol. The summed E-state index contributed by atoms with van der Waals surface area (Å²) < 4.78 is 5.02. The molecule has 0 aliphatic heterocycles. The second-order valence-electron chi connectivity index (χ2n) is 10.7. The molecule has 8 nitrogen and oxygen atoms in total. The lowest BCUT2D eigenvalue weighted by molar-refractivity contribution is -0.139. The summed E-state index contributed by atoms with van der Waals surface area (Å²) in [7, 11) is 0. The van der Waals surface area contributed by atoms with Crippen LogP contribution in [-0.2, 0) is 14.3 Å². The van der Waals surface area contributed by atoms with Gasteiger partial charge in [0.2, 0.25) is 0 Å². The standard InChI is InChI=1S/C24H44N2O6/c1-16-7-18(3)23(30)20(9-16)11-25(13-22(28)29)5-6-26(14-32-15-27)12-21-10-17(2)8-19(4)24(21)31/h15-21,23-24,30-31H,5-14H2,1-4H3,(H,28,29). The summed E-state index contributed by atoms with van der Waals surface area (Å²) in [6.45, 7) is 11.1. The van der Waals surface area contributed by atoms with Crippen molar-refractivity contribution in [3.05, 3.63) is 0 Å². The number of aliphatic hydroxyl groups is 2. The molecule has 0 aromatic carbocycles. The Labute approximate surface area is 192 Å². The highest BCUT2D eigenvalue weighted by Gasteiger charge is 2.35. The minimum Gasteiger partial charge on any atom is -0.480 e. The molecule has 0 saturated heterocycles. The molecule has 2 aliphatic carbocycles. The molecule has 0 spiro atoms. The topological polar surface area (TPSA) is 111 Å². The molecule has 8 unspecified atom stereocenters. The van der Waals surface area contributed by atoms with Crippen LogP contribution in [0, 0.1) is 35.5 Å². The Morgan fingerprint density at radius 1 is 0.875 bits per heavy atom. The minimum absolute atomic E-state index is 0.0506. The van der Waals surface area contributed by atoms with Gasteiger partial charge in [-0.25, -0.2) is 0 Å². The van der Waals surface area contributed by atoms with E-state index in [1.54, 1.807) is 0 Å². The fraction of sp³-hybridized carbons (Fsp3) is 0.917. The van der Waals surface area contributed by atoms with Crippen LogP contribution in [0.15, 0.2) is 0 Å². The number of carboxylic acid groups (broad SMARTS) is 1. The minimum atomic E-state index is -0.891. The number of aliphatic hydroxyl groups excluding tert-OH is 2. The van der Waals surface area contributed by atoms with E-state index in [-0.39, 0.29) is 43.1 Å². The fourth-order valence-electron chi connectivity index (χ4n) is 6.06. The van der Waals surface area contributed by atoms with Gasteiger partial charge in [-0.3, -0.25) is 19.4 Å². The molecule has 0 amide bonds. The predicted octanol–water partition coefficient (Wildman–Crippen LogP) is 1.89. The van der Waals surface area contributed by atoms with Gasteiger partial charge in [0, 0.05) is 26.2 Å².